The van der Waals surface area contributed by atoms with Crippen molar-refractivity contribution >= 4 is 16.8 Å². The van der Waals surface area contributed by atoms with Gasteiger partial charge in [0.15, 0.2) is 5.75 Å². The topological polar surface area (TPSA) is 89.1 Å². The molecule has 2 aromatic heterocycles. The summed E-state index contributed by atoms with van der Waals surface area (Å²) in [5, 5.41) is 10.8. The molecular weight excluding hydrogens is 266 g/mol. The van der Waals surface area contributed by atoms with Crippen LogP contribution in [0, 0.1) is 0 Å². The van der Waals surface area contributed by atoms with Crippen molar-refractivity contribution in [3.8, 4) is 5.75 Å². The fourth-order valence-corrected chi connectivity index (χ4v) is 2.26. The molecule has 0 aliphatic carbocycles. The Morgan fingerprint density at radius 2 is 1.90 bits per heavy atom. The van der Waals surface area contributed by atoms with Crippen molar-refractivity contribution < 1.29 is 9.90 Å². The van der Waals surface area contributed by atoms with Crippen molar-refractivity contribution in [2.75, 3.05) is 0 Å². The van der Waals surface area contributed by atoms with Gasteiger partial charge in [-0.2, -0.15) is 0 Å². The molecule has 21 heavy (non-hydrogen) atoms. The monoisotopic (exact) mass is 279 g/mol. The summed E-state index contributed by atoms with van der Waals surface area (Å²) in [7, 11) is 0. The van der Waals surface area contributed by atoms with Crippen LogP contribution < -0.4 is 5.73 Å². The van der Waals surface area contributed by atoms with E-state index in [9.17, 15) is 9.90 Å². The summed E-state index contributed by atoms with van der Waals surface area (Å²) in [6.45, 7) is 0. The Hall–Kier alpha value is -2.95. The second kappa shape index (κ2) is 5.20. The number of fused-ring (bicyclic) bond motifs is 1. The predicted octanol–water partition coefficient (Wildman–Crippen LogP) is 2.03. The molecule has 1 amide bonds. The number of amides is 1. The van der Waals surface area contributed by atoms with Crippen LogP contribution in [0.4, 0.5) is 0 Å². The molecule has 0 spiro atoms. The van der Waals surface area contributed by atoms with Crippen LogP contribution in [0.3, 0.4) is 0 Å². The van der Waals surface area contributed by atoms with Crippen LogP contribution in [-0.4, -0.2) is 21.0 Å². The molecule has 0 radical (unpaired) electrons. The molecule has 0 fully saturated rings. The Morgan fingerprint density at radius 3 is 2.62 bits per heavy atom. The summed E-state index contributed by atoms with van der Waals surface area (Å²) >= 11 is 0. The van der Waals surface area contributed by atoms with Crippen LogP contribution in [0.5, 0.6) is 5.75 Å². The van der Waals surface area contributed by atoms with Crippen molar-refractivity contribution in [2.24, 2.45) is 5.73 Å². The van der Waals surface area contributed by atoms with Gasteiger partial charge in [-0.05, 0) is 41.8 Å². The highest BCUT2D eigenvalue weighted by molar-refractivity contribution is 6.01. The van der Waals surface area contributed by atoms with Gasteiger partial charge in [-0.3, -0.25) is 14.8 Å². The maximum Gasteiger partial charge on any atom is 0.252 e. The maximum atomic E-state index is 11.2. The fourth-order valence-electron chi connectivity index (χ4n) is 2.26. The fraction of sp³-hybridized carbons (Fsp3) is 0.0625. The highest BCUT2D eigenvalue weighted by atomic mass is 16.3. The third-order valence-electron chi connectivity index (χ3n) is 3.31. The highest BCUT2D eigenvalue weighted by Crippen LogP contribution is 2.27. The minimum Gasteiger partial charge on any atom is -0.505 e. The first kappa shape index (κ1) is 13.1. The number of aromatic nitrogens is 2. The molecule has 3 aromatic rings. The van der Waals surface area contributed by atoms with Crippen molar-refractivity contribution in [3.05, 3.63) is 65.6 Å². The van der Waals surface area contributed by atoms with E-state index in [0.29, 0.717) is 5.52 Å². The Morgan fingerprint density at radius 1 is 1.14 bits per heavy atom. The second-order valence-electron chi connectivity index (χ2n) is 4.77. The van der Waals surface area contributed by atoms with E-state index in [2.05, 4.69) is 9.97 Å². The summed E-state index contributed by atoms with van der Waals surface area (Å²) < 4.78 is 0. The van der Waals surface area contributed by atoms with Crippen LogP contribution in [0.1, 0.15) is 21.5 Å². The molecule has 5 heteroatoms. The van der Waals surface area contributed by atoms with Gasteiger partial charge in [-0.25, -0.2) is 0 Å². The number of benzene rings is 1. The maximum absolute atomic E-state index is 11.2. The van der Waals surface area contributed by atoms with E-state index in [-0.39, 0.29) is 11.3 Å². The van der Waals surface area contributed by atoms with Gasteiger partial charge < -0.3 is 10.8 Å². The van der Waals surface area contributed by atoms with Gasteiger partial charge in [-0.1, -0.05) is 6.07 Å². The number of nitrogens with two attached hydrogens (primary N) is 1. The minimum atomic E-state index is -0.669. The first-order valence-electron chi connectivity index (χ1n) is 6.44. The van der Waals surface area contributed by atoms with Crippen molar-refractivity contribution in [2.45, 2.75) is 6.42 Å². The minimum absolute atomic E-state index is 0.0804. The summed E-state index contributed by atoms with van der Waals surface area (Å²) in [5.41, 5.74) is 7.81. The number of nitrogens with zero attached hydrogens (tertiary/aromatic N) is 2. The van der Waals surface area contributed by atoms with Crippen molar-refractivity contribution in [1.82, 2.24) is 9.97 Å². The van der Waals surface area contributed by atoms with E-state index in [1.54, 1.807) is 24.7 Å². The lowest BCUT2D eigenvalue weighted by Crippen LogP contribution is -2.11. The lowest BCUT2D eigenvalue weighted by atomic mass is 10.0. The van der Waals surface area contributed by atoms with Gasteiger partial charge in [-0.15, -0.1) is 0 Å². The van der Waals surface area contributed by atoms with E-state index < -0.39 is 5.91 Å². The Kier molecular flexibility index (Phi) is 3.23. The second-order valence-corrected chi connectivity index (χ2v) is 4.77. The molecule has 0 atom stereocenters. The molecule has 0 saturated heterocycles. The molecule has 0 bridgehead atoms. The summed E-state index contributed by atoms with van der Waals surface area (Å²) in [6, 6.07) is 9.07. The van der Waals surface area contributed by atoms with Crippen LogP contribution >= 0.6 is 0 Å². The van der Waals surface area contributed by atoms with Gasteiger partial charge in [0.25, 0.3) is 5.91 Å². The molecule has 0 saturated carbocycles. The number of hydrogen-bond donors (Lipinski definition) is 2. The van der Waals surface area contributed by atoms with Crippen molar-refractivity contribution in [1.29, 1.82) is 0 Å². The van der Waals surface area contributed by atoms with Gasteiger partial charge in [0.1, 0.15) is 5.52 Å². The van der Waals surface area contributed by atoms with E-state index in [4.69, 9.17) is 5.73 Å². The predicted molar refractivity (Wildman–Crippen MR) is 79.0 cm³/mol. The Balaban J connectivity index is 2.02. The van der Waals surface area contributed by atoms with Crippen LogP contribution in [0.15, 0.2) is 48.9 Å². The van der Waals surface area contributed by atoms with Crippen LogP contribution in [0.25, 0.3) is 10.9 Å². The molecule has 1 aromatic carbocycles. The van der Waals surface area contributed by atoms with E-state index in [0.717, 1.165) is 22.9 Å². The van der Waals surface area contributed by atoms with E-state index >= 15 is 0 Å². The molecule has 5 nitrogen and oxygen atoms in total. The molecular formula is C16H13N3O2. The van der Waals surface area contributed by atoms with E-state index in [1.807, 2.05) is 18.2 Å². The zero-order valence-corrected chi connectivity index (χ0v) is 11.2. The normalized spacial score (nSPS) is 10.7. The molecule has 0 unspecified atom stereocenters. The molecule has 0 aliphatic rings. The third kappa shape index (κ3) is 2.53. The third-order valence-corrected chi connectivity index (χ3v) is 3.31. The molecule has 0 aliphatic heterocycles. The number of aromatic hydroxyl groups is 1. The van der Waals surface area contributed by atoms with Crippen molar-refractivity contribution in [3.63, 3.8) is 0 Å². The van der Waals surface area contributed by atoms with Crippen LogP contribution in [-0.2, 0) is 6.42 Å². The Bertz CT molecular complexity index is 816. The van der Waals surface area contributed by atoms with Gasteiger partial charge >= 0.3 is 0 Å². The number of phenols is 1. The number of pyridine rings is 2. The molecule has 3 rings (SSSR count). The number of carbonyl (C=O) groups excluding carboxylic acids is 1. The number of primary amides is 1. The summed E-state index contributed by atoms with van der Waals surface area (Å²) in [4.78, 5) is 19.4. The highest BCUT2D eigenvalue weighted by Gasteiger charge is 2.12. The summed E-state index contributed by atoms with van der Waals surface area (Å²) in [5.74, 6) is -0.840. The quantitative estimate of drug-likeness (QED) is 0.767. The number of carbonyl (C=O) groups is 1. The van der Waals surface area contributed by atoms with Gasteiger partial charge in [0.2, 0.25) is 0 Å². The lowest BCUT2D eigenvalue weighted by molar-refractivity contribution is 0.0998. The SMILES string of the molecule is NC(=O)c1ccc2cc(Cc3ccncc3)cnc2c1O. The Labute approximate surface area is 121 Å². The van der Waals surface area contributed by atoms with E-state index in [1.165, 1.54) is 6.07 Å². The largest absolute Gasteiger partial charge is 0.505 e. The smallest absolute Gasteiger partial charge is 0.252 e. The van der Waals surface area contributed by atoms with Gasteiger partial charge in [0, 0.05) is 24.0 Å². The molecule has 3 N–H and O–H groups in total. The lowest BCUT2D eigenvalue weighted by Gasteiger charge is -2.07. The molecule has 104 valence electrons. The number of rotatable bonds is 3. The first-order valence-corrected chi connectivity index (χ1v) is 6.44. The molecule has 2 heterocycles. The first-order chi connectivity index (χ1) is 10.1. The summed E-state index contributed by atoms with van der Waals surface area (Å²) in [6.07, 6.45) is 5.90. The number of hydrogen-bond acceptors (Lipinski definition) is 4. The van der Waals surface area contributed by atoms with Gasteiger partial charge in [0.05, 0.1) is 5.56 Å². The standard InChI is InChI=1S/C16H13N3O2/c17-16(21)13-2-1-12-8-11(9-19-14(12)15(13)20)7-10-3-5-18-6-4-10/h1-6,8-9,20H,7H2,(H2,17,21). The zero-order chi connectivity index (χ0) is 14.8. The zero-order valence-electron chi connectivity index (χ0n) is 11.2. The average molecular weight is 279 g/mol. The average Bonchev–Trinajstić information content (AvgIpc) is 2.48. The van der Waals surface area contributed by atoms with Crippen LogP contribution in [0.2, 0.25) is 0 Å².